The first-order valence-electron chi connectivity index (χ1n) is 7.47. The summed E-state index contributed by atoms with van der Waals surface area (Å²) < 4.78 is 12.9. The number of aliphatic carboxylic acids is 1. The zero-order chi connectivity index (χ0) is 18.0. The van der Waals surface area contributed by atoms with E-state index in [1.165, 1.54) is 4.58 Å². The summed E-state index contributed by atoms with van der Waals surface area (Å²) in [7, 11) is 1.57. The van der Waals surface area contributed by atoms with Crippen molar-refractivity contribution in [3.05, 3.63) is 58.3 Å². The number of ether oxygens (including phenoxy) is 2. The monoisotopic (exact) mass is 404 g/mol. The number of carbonyl (C=O) groups is 2. The molecule has 6 nitrogen and oxygen atoms in total. The number of fused-ring (bicyclic) bond motifs is 1. The smallest absolute Gasteiger partial charge is 0.455 e. The number of amides is 1. The van der Waals surface area contributed by atoms with Crippen molar-refractivity contribution in [2.75, 3.05) is 13.7 Å². The van der Waals surface area contributed by atoms with E-state index >= 15 is 0 Å². The molecular formula is C18H15BrNO5+. The van der Waals surface area contributed by atoms with E-state index in [1.807, 2.05) is 0 Å². The molecule has 1 heterocycles. The second kappa shape index (κ2) is 7.06. The molecule has 1 atom stereocenters. The molecule has 0 spiro atoms. The second-order valence-electron chi connectivity index (χ2n) is 5.39. The van der Waals surface area contributed by atoms with Gasteiger partial charge in [-0.3, -0.25) is 0 Å². The predicted octanol–water partition coefficient (Wildman–Crippen LogP) is 2.39. The lowest BCUT2D eigenvalue weighted by Crippen LogP contribution is -2.44. The zero-order valence-electron chi connectivity index (χ0n) is 13.3. The molecule has 1 aliphatic heterocycles. The fraction of sp³-hybridized carbons (Fsp3) is 0.167. The molecule has 1 aromatic rings. The van der Waals surface area contributed by atoms with Gasteiger partial charge in [-0.15, -0.1) is 4.58 Å². The van der Waals surface area contributed by atoms with Crippen molar-refractivity contribution >= 4 is 39.6 Å². The molecule has 128 valence electrons. The number of benzene rings is 1. The van der Waals surface area contributed by atoms with Crippen LogP contribution in [0.1, 0.15) is 5.56 Å². The third-order valence-corrected chi connectivity index (χ3v) is 4.36. The molecule has 3 rings (SSSR count). The fourth-order valence-electron chi connectivity index (χ4n) is 2.61. The molecular weight excluding hydrogens is 390 g/mol. The molecule has 1 aliphatic carbocycles. The fourth-order valence-corrected chi connectivity index (χ4v) is 3.17. The second-order valence-corrected chi connectivity index (χ2v) is 6.25. The molecule has 25 heavy (non-hydrogen) atoms. The molecule has 1 N–H and O–H groups in total. The summed E-state index contributed by atoms with van der Waals surface area (Å²) in [6.07, 6.45) is 8.09. The summed E-state index contributed by atoms with van der Waals surface area (Å²) in [4.78, 5) is 23.8. The number of nitrogens with zero attached hydrogens (tertiary/aromatic N) is 1. The minimum absolute atomic E-state index is 0.0898. The number of carboxylic acids is 1. The van der Waals surface area contributed by atoms with Crippen molar-refractivity contribution < 1.29 is 28.7 Å². The van der Waals surface area contributed by atoms with Crippen molar-refractivity contribution in [3.8, 4) is 5.75 Å². The van der Waals surface area contributed by atoms with Gasteiger partial charge in [-0.05, 0) is 45.8 Å². The average molecular weight is 405 g/mol. The lowest BCUT2D eigenvalue weighted by Gasteiger charge is -2.22. The molecule has 2 aliphatic rings. The lowest BCUT2D eigenvalue weighted by molar-refractivity contribution is -0.445. The Morgan fingerprint density at radius 3 is 2.92 bits per heavy atom. The van der Waals surface area contributed by atoms with Gasteiger partial charge in [0.2, 0.25) is 24.1 Å². The van der Waals surface area contributed by atoms with Crippen LogP contribution in [0.2, 0.25) is 0 Å². The summed E-state index contributed by atoms with van der Waals surface area (Å²) in [6, 6.07) is 5.34. The number of carboxylic acid groups (broad SMARTS) is 1. The van der Waals surface area contributed by atoms with Crippen LogP contribution in [-0.2, 0) is 14.3 Å². The van der Waals surface area contributed by atoms with E-state index in [1.54, 1.807) is 55.7 Å². The van der Waals surface area contributed by atoms with E-state index < -0.39 is 24.5 Å². The summed E-state index contributed by atoms with van der Waals surface area (Å²) in [6.45, 7) is -0.421. The molecule has 1 unspecified atom stereocenters. The standard InChI is InChI=1S/C18H14BrNO5/c1-24-14-7-6-11(8-12(14)19)9-16-18(23)20(10-17(21)22)13-4-2-3-5-15(13)25-16/h2-9,15H,10H2,1H3/p+1/b16-9+. The minimum Gasteiger partial charge on any atom is -0.496 e. The van der Waals surface area contributed by atoms with Gasteiger partial charge in [-0.25, -0.2) is 9.59 Å². The van der Waals surface area contributed by atoms with Gasteiger partial charge < -0.3 is 14.6 Å². The molecule has 0 aromatic heterocycles. The van der Waals surface area contributed by atoms with Gasteiger partial charge >= 0.3 is 11.9 Å². The molecule has 0 fully saturated rings. The normalized spacial score (nSPS) is 20.5. The van der Waals surface area contributed by atoms with E-state index in [2.05, 4.69) is 15.9 Å². The molecule has 1 aromatic carbocycles. The first-order chi connectivity index (χ1) is 12.0. The van der Waals surface area contributed by atoms with E-state index in [0.717, 1.165) is 10.0 Å². The zero-order valence-corrected chi connectivity index (χ0v) is 14.9. The third kappa shape index (κ3) is 3.56. The van der Waals surface area contributed by atoms with Crippen LogP contribution in [-0.4, -0.2) is 47.0 Å². The summed E-state index contributed by atoms with van der Waals surface area (Å²) in [5.41, 5.74) is 1.24. The van der Waals surface area contributed by atoms with Gasteiger partial charge in [-0.1, -0.05) is 18.2 Å². The summed E-state index contributed by atoms with van der Waals surface area (Å²) in [5.74, 6) is -0.815. The largest absolute Gasteiger partial charge is 0.496 e. The van der Waals surface area contributed by atoms with E-state index in [4.69, 9.17) is 14.6 Å². The maximum atomic E-state index is 12.7. The molecule has 0 saturated carbocycles. The summed E-state index contributed by atoms with van der Waals surface area (Å²) in [5, 5.41) is 9.11. The first-order valence-corrected chi connectivity index (χ1v) is 8.26. The average Bonchev–Trinajstić information content (AvgIpc) is 2.58. The number of carbonyl (C=O) groups excluding carboxylic acids is 1. The highest BCUT2D eigenvalue weighted by Gasteiger charge is 2.40. The molecule has 0 saturated heterocycles. The Morgan fingerprint density at radius 1 is 1.44 bits per heavy atom. The Morgan fingerprint density at radius 2 is 2.24 bits per heavy atom. The summed E-state index contributed by atoms with van der Waals surface area (Å²) >= 11 is 3.39. The third-order valence-electron chi connectivity index (χ3n) is 3.74. The quantitative estimate of drug-likeness (QED) is 0.615. The number of hydrogen-bond acceptors (Lipinski definition) is 4. The van der Waals surface area contributed by atoms with Crippen LogP contribution in [0, 0.1) is 0 Å². The van der Waals surface area contributed by atoms with Crippen LogP contribution in [0.3, 0.4) is 0 Å². The van der Waals surface area contributed by atoms with Crippen molar-refractivity contribution in [1.82, 2.24) is 0 Å². The van der Waals surface area contributed by atoms with E-state index in [-0.39, 0.29) is 5.76 Å². The van der Waals surface area contributed by atoms with E-state index in [9.17, 15) is 9.59 Å². The van der Waals surface area contributed by atoms with Crippen LogP contribution in [0.4, 0.5) is 0 Å². The van der Waals surface area contributed by atoms with Crippen molar-refractivity contribution in [2.24, 2.45) is 0 Å². The number of rotatable bonds is 4. The van der Waals surface area contributed by atoms with Crippen molar-refractivity contribution in [2.45, 2.75) is 6.10 Å². The maximum absolute atomic E-state index is 12.7. The Balaban J connectivity index is 2.01. The first kappa shape index (κ1) is 17.2. The Kier molecular flexibility index (Phi) is 4.85. The van der Waals surface area contributed by atoms with Crippen LogP contribution >= 0.6 is 15.9 Å². The highest BCUT2D eigenvalue weighted by molar-refractivity contribution is 9.10. The van der Waals surface area contributed by atoms with Crippen LogP contribution in [0.15, 0.2) is 52.7 Å². The Labute approximate surface area is 152 Å². The van der Waals surface area contributed by atoms with Crippen LogP contribution in [0.5, 0.6) is 5.75 Å². The van der Waals surface area contributed by atoms with Gasteiger partial charge in [0.25, 0.3) is 0 Å². The molecule has 1 amide bonds. The van der Waals surface area contributed by atoms with Gasteiger partial charge in [-0.2, -0.15) is 0 Å². The topological polar surface area (TPSA) is 75.8 Å². The minimum atomic E-state index is -1.09. The van der Waals surface area contributed by atoms with Gasteiger partial charge in [0.15, 0.2) is 0 Å². The lowest BCUT2D eigenvalue weighted by atomic mass is 10.1. The Bertz CT molecular complexity index is 866. The van der Waals surface area contributed by atoms with Gasteiger partial charge in [0.05, 0.1) is 11.6 Å². The van der Waals surface area contributed by atoms with Crippen molar-refractivity contribution in [3.63, 3.8) is 0 Å². The van der Waals surface area contributed by atoms with Gasteiger partial charge in [0, 0.05) is 6.08 Å². The number of hydrogen-bond donors (Lipinski definition) is 1. The molecule has 0 bridgehead atoms. The SMILES string of the molecule is COc1ccc(/C=C2/OC3C=CC=CC3=[N+](CC(=O)O)C2=O)cc1Br. The Hall–Kier alpha value is -2.67. The maximum Gasteiger partial charge on any atom is 0.455 e. The number of allylic oxidation sites excluding steroid dienone is 2. The van der Waals surface area contributed by atoms with Crippen molar-refractivity contribution in [1.29, 1.82) is 0 Å². The number of methoxy groups -OCH3 is 1. The number of halogens is 1. The van der Waals surface area contributed by atoms with Gasteiger partial charge in [0.1, 0.15) is 5.75 Å². The van der Waals surface area contributed by atoms with Crippen LogP contribution in [0.25, 0.3) is 6.08 Å². The van der Waals surface area contributed by atoms with Crippen LogP contribution < -0.4 is 4.74 Å². The highest BCUT2D eigenvalue weighted by Crippen LogP contribution is 2.27. The molecule has 0 radical (unpaired) electrons. The predicted molar refractivity (Wildman–Crippen MR) is 94.6 cm³/mol. The highest BCUT2D eigenvalue weighted by atomic mass is 79.9. The molecule has 7 heteroatoms. The van der Waals surface area contributed by atoms with E-state index in [0.29, 0.717) is 11.5 Å².